The molecule has 1 atom stereocenters. The molecule has 1 nitrogen and oxygen atoms in total. The number of halogens is 5. The smallest absolute Gasteiger partial charge is 0.423 e. The van der Waals surface area contributed by atoms with Crippen molar-refractivity contribution in [3.05, 3.63) is 12.6 Å². The van der Waals surface area contributed by atoms with Gasteiger partial charge in [0.15, 0.2) is 0 Å². The number of hydrogen-bond donors (Lipinski definition) is 0. The lowest BCUT2D eigenvalue weighted by Crippen LogP contribution is -2.28. The molecule has 0 bridgehead atoms. The Morgan fingerprint density at radius 2 is 1.91 bits per heavy atom. The fraction of sp³-hybridized carbons (Fsp3) is 0.600. The minimum Gasteiger partial charge on any atom is -0.468 e. The molecule has 0 saturated heterocycles. The van der Waals surface area contributed by atoms with Crippen molar-refractivity contribution in [1.82, 2.24) is 0 Å². The molecule has 0 amide bonds. The van der Waals surface area contributed by atoms with Crippen LogP contribution in [0.3, 0.4) is 0 Å². The summed E-state index contributed by atoms with van der Waals surface area (Å²) in [5.41, 5.74) is 0. The molecule has 0 aliphatic heterocycles. The second-order valence-corrected chi connectivity index (χ2v) is 1.68. The van der Waals surface area contributed by atoms with Gasteiger partial charge in [-0.25, -0.2) is 4.39 Å². The predicted molar refractivity (Wildman–Crippen MR) is 27.2 cm³/mol. The van der Waals surface area contributed by atoms with Gasteiger partial charge < -0.3 is 4.74 Å². The highest BCUT2D eigenvalue weighted by Gasteiger charge is 2.40. The fourth-order valence-corrected chi connectivity index (χ4v) is 0.258. The Kier molecular flexibility index (Phi) is 3.28. The van der Waals surface area contributed by atoms with E-state index in [2.05, 4.69) is 11.3 Å². The Bertz CT molecular complexity index is 140. The highest BCUT2D eigenvalue weighted by atomic mass is 19.4. The zero-order chi connectivity index (χ0) is 9.07. The average molecular weight is 176 g/mol. The van der Waals surface area contributed by atoms with Crippen LogP contribution in [0.4, 0.5) is 22.0 Å². The molecule has 66 valence electrons. The van der Waals surface area contributed by atoms with Gasteiger partial charge in [-0.2, -0.15) is 17.6 Å². The van der Waals surface area contributed by atoms with Crippen molar-refractivity contribution in [2.75, 3.05) is 6.61 Å². The average Bonchev–Trinajstić information content (AvgIpc) is 1.80. The van der Waals surface area contributed by atoms with Crippen molar-refractivity contribution < 1.29 is 26.7 Å². The zero-order valence-corrected chi connectivity index (χ0v) is 5.29. The van der Waals surface area contributed by atoms with Gasteiger partial charge >= 0.3 is 6.18 Å². The van der Waals surface area contributed by atoms with E-state index >= 15 is 0 Å². The Morgan fingerprint density at radius 1 is 1.45 bits per heavy atom. The molecule has 0 aliphatic carbocycles. The molecule has 1 unspecified atom stereocenters. The molecule has 0 fully saturated rings. The Hall–Kier alpha value is -0.810. The maximum Gasteiger partial charge on any atom is 0.423 e. The van der Waals surface area contributed by atoms with Crippen LogP contribution in [-0.2, 0) is 4.74 Å². The fourth-order valence-electron chi connectivity index (χ4n) is 0.258. The third-order valence-corrected chi connectivity index (χ3v) is 0.741. The lowest BCUT2D eigenvalue weighted by Gasteiger charge is -2.11. The third kappa shape index (κ3) is 4.58. The molecule has 0 N–H and O–H groups in total. The molecule has 0 spiro atoms. The van der Waals surface area contributed by atoms with E-state index in [0.717, 1.165) is 0 Å². The molecule has 0 saturated carbocycles. The third-order valence-electron chi connectivity index (χ3n) is 0.741. The molecular formula is C5H5F5O. The van der Waals surface area contributed by atoms with Gasteiger partial charge in [0, 0.05) is 0 Å². The first-order chi connectivity index (χ1) is 4.84. The molecule has 0 aromatic rings. The summed E-state index contributed by atoms with van der Waals surface area (Å²) in [7, 11) is 0. The van der Waals surface area contributed by atoms with E-state index in [9.17, 15) is 22.0 Å². The van der Waals surface area contributed by atoms with Crippen molar-refractivity contribution >= 4 is 0 Å². The minimum atomic E-state index is -5.00. The molecule has 0 radical (unpaired) electrons. The summed E-state index contributed by atoms with van der Waals surface area (Å²) in [6.07, 6.45) is -8.18. The first-order valence-corrected chi connectivity index (χ1v) is 2.52. The summed E-state index contributed by atoms with van der Waals surface area (Å²) >= 11 is 0. The van der Waals surface area contributed by atoms with E-state index in [1.807, 2.05) is 0 Å². The van der Waals surface area contributed by atoms with E-state index in [1.54, 1.807) is 0 Å². The summed E-state index contributed by atoms with van der Waals surface area (Å²) < 4.78 is 60.8. The van der Waals surface area contributed by atoms with E-state index in [4.69, 9.17) is 0 Å². The van der Waals surface area contributed by atoms with Crippen LogP contribution >= 0.6 is 0 Å². The first kappa shape index (κ1) is 10.2. The minimum absolute atomic E-state index is 1.39. The number of rotatable bonds is 3. The normalized spacial score (nSPS) is 14.3. The molecule has 0 aromatic heterocycles. The maximum absolute atomic E-state index is 11.8. The van der Waals surface area contributed by atoms with Crippen molar-refractivity contribution in [3.8, 4) is 0 Å². The van der Waals surface area contributed by atoms with Crippen molar-refractivity contribution in [2.45, 2.75) is 12.3 Å². The van der Waals surface area contributed by atoms with Crippen molar-refractivity contribution in [1.29, 1.82) is 0 Å². The van der Waals surface area contributed by atoms with Crippen LogP contribution in [0.5, 0.6) is 0 Å². The van der Waals surface area contributed by atoms with E-state index in [-0.39, 0.29) is 0 Å². The number of alkyl halides is 4. The van der Waals surface area contributed by atoms with Gasteiger partial charge in [-0.15, -0.1) is 0 Å². The molecular weight excluding hydrogens is 171 g/mol. The van der Waals surface area contributed by atoms with E-state index < -0.39 is 25.0 Å². The standard InChI is InChI=1S/C5H5F5O/c1-3(6)11-2-4(7)5(8,9)10/h4H,1-2H2. The van der Waals surface area contributed by atoms with Gasteiger partial charge in [0.25, 0.3) is 6.01 Å². The summed E-state index contributed by atoms with van der Waals surface area (Å²) in [5, 5.41) is 0. The summed E-state index contributed by atoms with van der Waals surface area (Å²) in [4.78, 5) is 0. The van der Waals surface area contributed by atoms with Gasteiger partial charge in [0.1, 0.15) is 6.61 Å². The van der Waals surface area contributed by atoms with Gasteiger partial charge in [0.2, 0.25) is 6.17 Å². The Labute approximate surface area is 59.5 Å². The summed E-state index contributed by atoms with van der Waals surface area (Å²) in [6, 6.07) is -1.43. The lowest BCUT2D eigenvalue weighted by molar-refractivity contribution is -0.191. The summed E-state index contributed by atoms with van der Waals surface area (Å²) in [5.74, 6) is 0. The molecule has 0 rings (SSSR count). The van der Waals surface area contributed by atoms with Gasteiger partial charge in [-0.3, -0.25) is 0 Å². The predicted octanol–water partition coefficient (Wildman–Crippen LogP) is 2.34. The number of hydrogen-bond acceptors (Lipinski definition) is 1. The van der Waals surface area contributed by atoms with Crippen LogP contribution < -0.4 is 0 Å². The second kappa shape index (κ2) is 3.54. The molecule has 11 heavy (non-hydrogen) atoms. The van der Waals surface area contributed by atoms with Gasteiger partial charge in [-0.1, -0.05) is 0 Å². The monoisotopic (exact) mass is 176 g/mol. The highest BCUT2D eigenvalue weighted by molar-refractivity contribution is 4.70. The largest absolute Gasteiger partial charge is 0.468 e. The van der Waals surface area contributed by atoms with Crippen LogP contribution in [0.1, 0.15) is 0 Å². The van der Waals surface area contributed by atoms with Crippen LogP contribution in [-0.4, -0.2) is 19.0 Å². The Morgan fingerprint density at radius 3 is 2.18 bits per heavy atom. The Balaban J connectivity index is 3.70. The van der Waals surface area contributed by atoms with Gasteiger partial charge in [0.05, 0.1) is 0 Å². The molecule has 0 aliphatic rings. The van der Waals surface area contributed by atoms with E-state index in [0.29, 0.717) is 0 Å². The van der Waals surface area contributed by atoms with Crippen molar-refractivity contribution in [3.63, 3.8) is 0 Å². The maximum atomic E-state index is 11.8. The van der Waals surface area contributed by atoms with Crippen molar-refractivity contribution in [2.24, 2.45) is 0 Å². The van der Waals surface area contributed by atoms with Crippen LogP contribution in [0.25, 0.3) is 0 Å². The number of ether oxygens (including phenoxy) is 1. The molecule has 6 heteroatoms. The van der Waals surface area contributed by atoms with Crippen LogP contribution in [0.2, 0.25) is 0 Å². The molecule has 0 heterocycles. The van der Waals surface area contributed by atoms with Crippen LogP contribution in [0, 0.1) is 0 Å². The van der Waals surface area contributed by atoms with Crippen LogP contribution in [0.15, 0.2) is 12.6 Å². The topological polar surface area (TPSA) is 9.23 Å². The molecule has 0 aromatic carbocycles. The zero-order valence-electron chi connectivity index (χ0n) is 5.29. The van der Waals surface area contributed by atoms with E-state index in [1.165, 1.54) is 0 Å². The highest BCUT2D eigenvalue weighted by Crippen LogP contribution is 2.23. The summed E-state index contributed by atoms with van der Waals surface area (Å²) in [6.45, 7) is 1.10. The first-order valence-electron chi connectivity index (χ1n) is 2.52. The second-order valence-electron chi connectivity index (χ2n) is 1.68. The SMILES string of the molecule is C=C(F)OCC(F)C(F)(F)F. The lowest BCUT2D eigenvalue weighted by atomic mass is 10.4. The quantitative estimate of drug-likeness (QED) is 0.473. The van der Waals surface area contributed by atoms with Gasteiger partial charge in [-0.05, 0) is 6.58 Å².